The molecule has 0 aliphatic carbocycles. The van der Waals surface area contributed by atoms with Crippen molar-refractivity contribution in [1.29, 1.82) is 0 Å². The van der Waals surface area contributed by atoms with Crippen molar-refractivity contribution in [3.05, 3.63) is 54.1 Å². The average Bonchev–Trinajstić information content (AvgIpc) is 2.83. The van der Waals surface area contributed by atoms with Gasteiger partial charge in [-0.15, -0.1) is 0 Å². The second-order valence-corrected chi connectivity index (χ2v) is 3.59. The molecule has 0 saturated heterocycles. The van der Waals surface area contributed by atoms with E-state index in [9.17, 15) is 13.2 Å². The van der Waals surface area contributed by atoms with Crippen molar-refractivity contribution in [3.8, 4) is 0 Å². The Labute approximate surface area is 102 Å². The minimum atomic E-state index is -1.48. The minimum absolute atomic E-state index is 0.0970. The van der Waals surface area contributed by atoms with E-state index in [4.69, 9.17) is 0 Å². The molecule has 0 unspecified atom stereocenters. The lowest BCUT2D eigenvalue weighted by molar-refractivity contribution is 0.449. The van der Waals surface area contributed by atoms with Gasteiger partial charge in [-0.3, -0.25) is 0 Å². The van der Waals surface area contributed by atoms with E-state index in [0.717, 1.165) is 17.7 Å². The van der Waals surface area contributed by atoms with Crippen LogP contribution in [0.2, 0.25) is 0 Å². The summed E-state index contributed by atoms with van der Waals surface area (Å²) >= 11 is 0. The molecule has 0 atom stereocenters. The highest BCUT2D eigenvalue weighted by atomic mass is 19.2. The molecule has 1 heterocycles. The molecule has 1 aromatic carbocycles. The maximum absolute atomic E-state index is 13.3. The Hall–Kier alpha value is -2.24. The molecule has 94 valence electrons. The van der Waals surface area contributed by atoms with Gasteiger partial charge in [-0.1, -0.05) is 6.58 Å². The Kier molecular flexibility index (Phi) is 3.36. The summed E-state index contributed by atoms with van der Waals surface area (Å²) in [7, 11) is 0. The van der Waals surface area contributed by atoms with Crippen LogP contribution in [0.3, 0.4) is 0 Å². The highest BCUT2D eigenvalue weighted by Crippen LogP contribution is 2.20. The predicted octanol–water partition coefficient (Wildman–Crippen LogP) is 3.01. The van der Waals surface area contributed by atoms with Gasteiger partial charge in [-0.05, 0) is 12.1 Å². The topological polar surface area (TPSA) is 29.9 Å². The Bertz CT molecular complexity index is 578. The van der Waals surface area contributed by atoms with E-state index in [1.807, 2.05) is 0 Å². The molecule has 18 heavy (non-hydrogen) atoms. The maximum atomic E-state index is 13.3. The first-order chi connectivity index (χ1) is 8.61. The van der Waals surface area contributed by atoms with Crippen LogP contribution in [0.4, 0.5) is 18.9 Å². The molecule has 2 aromatic rings. The van der Waals surface area contributed by atoms with Crippen molar-refractivity contribution < 1.29 is 13.2 Å². The van der Waals surface area contributed by atoms with Crippen LogP contribution in [-0.2, 0) is 6.54 Å². The summed E-state index contributed by atoms with van der Waals surface area (Å²) in [6, 6.07) is 2.01. The van der Waals surface area contributed by atoms with Gasteiger partial charge in [0.15, 0.2) is 17.5 Å². The Morgan fingerprint density at radius 2 is 2.06 bits per heavy atom. The summed E-state index contributed by atoms with van der Waals surface area (Å²) in [5.74, 6) is -3.93. The van der Waals surface area contributed by atoms with Crippen LogP contribution in [0.25, 0.3) is 6.20 Å². The zero-order valence-electron chi connectivity index (χ0n) is 9.33. The highest BCUT2D eigenvalue weighted by Gasteiger charge is 2.12. The summed E-state index contributed by atoms with van der Waals surface area (Å²) in [6.45, 7) is 3.77. The van der Waals surface area contributed by atoms with E-state index < -0.39 is 17.5 Å². The molecule has 0 radical (unpaired) electrons. The molecule has 6 heteroatoms. The Balaban J connectivity index is 2.10. The molecule has 2 rings (SSSR count). The number of anilines is 1. The van der Waals surface area contributed by atoms with Gasteiger partial charge in [0.25, 0.3) is 0 Å². The van der Waals surface area contributed by atoms with Crippen molar-refractivity contribution in [1.82, 2.24) is 9.78 Å². The summed E-state index contributed by atoms with van der Waals surface area (Å²) in [4.78, 5) is 0. The van der Waals surface area contributed by atoms with Crippen LogP contribution < -0.4 is 5.32 Å². The standard InChI is InChI=1S/C12H10F3N3/c1-2-18-7-8(6-17-18)5-16-10-4-3-9(13)11(14)12(10)15/h2-4,6-7,16H,1,5H2. The zero-order chi connectivity index (χ0) is 13.1. The van der Waals surface area contributed by atoms with Crippen molar-refractivity contribution in [2.75, 3.05) is 5.32 Å². The first-order valence-corrected chi connectivity index (χ1v) is 5.14. The molecule has 3 nitrogen and oxygen atoms in total. The van der Waals surface area contributed by atoms with Gasteiger partial charge in [0, 0.05) is 24.5 Å². The largest absolute Gasteiger partial charge is 0.378 e. The van der Waals surface area contributed by atoms with Gasteiger partial charge < -0.3 is 5.32 Å². The summed E-state index contributed by atoms with van der Waals surface area (Å²) in [5, 5.41) is 6.60. The molecule has 0 spiro atoms. The predicted molar refractivity (Wildman–Crippen MR) is 62.3 cm³/mol. The number of rotatable bonds is 4. The lowest BCUT2D eigenvalue weighted by Crippen LogP contribution is -2.03. The van der Waals surface area contributed by atoms with Gasteiger partial charge in [-0.25, -0.2) is 17.9 Å². The smallest absolute Gasteiger partial charge is 0.196 e. The number of halogens is 3. The summed E-state index contributed by atoms with van der Waals surface area (Å²) in [5.41, 5.74) is 0.666. The third kappa shape index (κ3) is 2.37. The SMILES string of the molecule is C=Cn1cc(CNc2ccc(F)c(F)c2F)cn1. The lowest BCUT2D eigenvalue weighted by atomic mass is 10.2. The van der Waals surface area contributed by atoms with Crippen LogP contribution in [0.5, 0.6) is 0 Å². The lowest BCUT2D eigenvalue weighted by Gasteiger charge is -2.06. The summed E-state index contributed by atoms with van der Waals surface area (Å²) < 4.78 is 40.5. The van der Waals surface area contributed by atoms with Gasteiger partial charge in [0.05, 0.1) is 11.9 Å². The highest BCUT2D eigenvalue weighted by molar-refractivity contribution is 5.45. The van der Waals surface area contributed by atoms with E-state index in [-0.39, 0.29) is 12.2 Å². The summed E-state index contributed by atoms with van der Waals surface area (Å²) in [6.07, 6.45) is 4.74. The van der Waals surface area contributed by atoms with E-state index >= 15 is 0 Å². The maximum Gasteiger partial charge on any atom is 0.196 e. The van der Waals surface area contributed by atoms with Crippen LogP contribution in [0.1, 0.15) is 5.56 Å². The molecule has 0 fully saturated rings. The third-order valence-corrected chi connectivity index (χ3v) is 2.36. The molecule has 0 aliphatic heterocycles. The van der Waals surface area contributed by atoms with Crippen molar-refractivity contribution in [2.45, 2.75) is 6.54 Å². The second-order valence-electron chi connectivity index (χ2n) is 3.59. The molecule has 0 bridgehead atoms. The number of aromatic nitrogens is 2. The number of nitrogens with one attached hydrogen (secondary N) is 1. The normalized spacial score (nSPS) is 10.4. The van der Waals surface area contributed by atoms with E-state index in [1.165, 1.54) is 10.9 Å². The van der Waals surface area contributed by atoms with Gasteiger partial charge >= 0.3 is 0 Å². The van der Waals surface area contributed by atoms with E-state index in [0.29, 0.717) is 0 Å². The monoisotopic (exact) mass is 253 g/mol. The van der Waals surface area contributed by atoms with Crippen molar-refractivity contribution in [2.24, 2.45) is 0 Å². The quantitative estimate of drug-likeness (QED) is 0.849. The van der Waals surface area contributed by atoms with Crippen LogP contribution in [0.15, 0.2) is 31.1 Å². The molecule has 0 amide bonds. The molecule has 0 aliphatic rings. The van der Waals surface area contributed by atoms with Gasteiger partial charge in [0.2, 0.25) is 0 Å². The fourth-order valence-electron chi connectivity index (χ4n) is 1.43. The van der Waals surface area contributed by atoms with Crippen molar-refractivity contribution >= 4 is 11.9 Å². The van der Waals surface area contributed by atoms with Gasteiger partial charge in [0.1, 0.15) is 0 Å². The van der Waals surface area contributed by atoms with E-state index in [2.05, 4.69) is 17.0 Å². The third-order valence-electron chi connectivity index (χ3n) is 2.36. The average molecular weight is 253 g/mol. The molecule has 0 saturated carbocycles. The molecule has 1 N–H and O–H groups in total. The Morgan fingerprint density at radius 3 is 2.72 bits per heavy atom. The molecular weight excluding hydrogens is 243 g/mol. The number of hydrogen-bond donors (Lipinski definition) is 1. The minimum Gasteiger partial charge on any atom is -0.378 e. The fourth-order valence-corrected chi connectivity index (χ4v) is 1.43. The number of hydrogen-bond acceptors (Lipinski definition) is 2. The fraction of sp³-hybridized carbons (Fsp3) is 0.0833. The van der Waals surface area contributed by atoms with Crippen LogP contribution in [-0.4, -0.2) is 9.78 Å². The first kappa shape index (κ1) is 12.2. The van der Waals surface area contributed by atoms with Crippen molar-refractivity contribution in [3.63, 3.8) is 0 Å². The Morgan fingerprint density at radius 1 is 1.28 bits per heavy atom. The first-order valence-electron chi connectivity index (χ1n) is 5.14. The number of benzene rings is 1. The van der Waals surface area contributed by atoms with Gasteiger partial charge in [-0.2, -0.15) is 5.10 Å². The van der Waals surface area contributed by atoms with Crippen LogP contribution >= 0.6 is 0 Å². The van der Waals surface area contributed by atoms with E-state index in [1.54, 1.807) is 12.4 Å². The zero-order valence-corrected chi connectivity index (χ0v) is 9.33. The molecule has 1 aromatic heterocycles. The molecular formula is C12H10F3N3. The van der Waals surface area contributed by atoms with Crippen LogP contribution in [0, 0.1) is 17.5 Å². The number of nitrogens with zero attached hydrogens (tertiary/aromatic N) is 2. The second kappa shape index (κ2) is 4.95.